The third kappa shape index (κ3) is 3.31. The lowest BCUT2D eigenvalue weighted by molar-refractivity contribution is -0.128. The average Bonchev–Trinajstić information content (AvgIpc) is 2.56. The van der Waals surface area contributed by atoms with Crippen LogP contribution < -0.4 is 5.32 Å². The van der Waals surface area contributed by atoms with Crippen LogP contribution in [0, 0.1) is 6.92 Å². The number of benzene rings is 1. The molecule has 0 bridgehead atoms. The molecule has 126 valence electrons. The molecule has 2 amide bonds. The van der Waals surface area contributed by atoms with Gasteiger partial charge in [-0.1, -0.05) is 29.3 Å². The third-order valence-electron chi connectivity index (χ3n) is 3.75. The van der Waals surface area contributed by atoms with Gasteiger partial charge in [-0.05, 0) is 43.4 Å². The van der Waals surface area contributed by atoms with Crippen molar-refractivity contribution in [2.45, 2.75) is 6.92 Å². The Morgan fingerprint density at radius 1 is 1.36 bits per heavy atom. The van der Waals surface area contributed by atoms with Gasteiger partial charge in [0.25, 0.3) is 11.8 Å². The van der Waals surface area contributed by atoms with Crippen LogP contribution >= 0.6 is 23.8 Å². The van der Waals surface area contributed by atoms with Crippen molar-refractivity contribution in [2.75, 3.05) is 6.54 Å². The molecule has 1 N–H and O–H groups in total. The average molecular weight is 372 g/mol. The Bertz CT molecular complexity index is 968. The number of amides is 2. The van der Waals surface area contributed by atoms with E-state index in [0.29, 0.717) is 5.56 Å². The molecule has 1 aliphatic heterocycles. The van der Waals surface area contributed by atoms with Gasteiger partial charge in [0.1, 0.15) is 10.7 Å². The van der Waals surface area contributed by atoms with Crippen molar-refractivity contribution in [3.8, 4) is 0 Å². The molecule has 0 unspecified atom stereocenters. The fourth-order valence-electron chi connectivity index (χ4n) is 2.53. The summed E-state index contributed by atoms with van der Waals surface area (Å²) >= 11 is 11.3. The number of halogens is 1. The molecule has 1 aromatic heterocycles. The fourth-order valence-corrected chi connectivity index (χ4v) is 2.98. The fraction of sp³-hybridized carbons (Fsp3) is 0.111. The highest BCUT2D eigenvalue weighted by molar-refractivity contribution is 7.80. The first kappa shape index (κ1) is 17.3. The summed E-state index contributed by atoms with van der Waals surface area (Å²) in [6.45, 7) is 5.77. The highest BCUT2D eigenvalue weighted by Crippen LogP contribution is 2.24. The number of nitrogens with zero attached hydrogens (tertiary/aromatic N) is 2. The molecule has 1 aliphatic rings. The molecule has 0 saturated carbocycles. The summed E-state index contributed by atoms with van der Waals surface area (Å²) in [5.74, 6) is -1.05. The summed E-state index contributed by atoms with van der Waals surface area (Å²) in [6.07, 6.45) is 2.97. The van der Waals surface area contributed by atoms with Crippen LogP contribution in [-0.4, -0.2) is 33.4 Å². The number of aryl methyl sites for hydroxylation is 1. The van der Waals surface area contributed by atoms with Gasteiger partial charge in [-0.3, -0.25) is 19.8 Å². The Balaban J connectivity index is 2.09. The number of aromatic nitrogens is 1. The van der Waals surface area contributed by atoms with Crippen LogP contribution in [0.3, 0.4) is 0 Å². The van der Waals surface area contributed by atoms with Gasteiger partial charge in [-0.2, -0.15) is 0 Å². The van der Waals surface area contributed by atoms with Crippen molar-refractivity contribution in [3.05, 3.63) is 58.8 Å². The minimum Gasteiger partial charge on any atom is -0.298 e. The minimum atomic E-state index is -0.560. The quantitative estimate of drug-likeness (QED) is 0.296. The molecule has 0 spiro atoms. The van der Waals surface area contributed by atoms with Gasteiger partial charge in [0.2, 0.25) is 0 Å². The first-order chi connectivity index (χ1) is 11.9. The normalized spacial score (nSPS) is 16.5. The number of hydrogen-bond acceptors (Lipinski definition) is 4. The highest BCUT2D eigenvalue weighted by atomic mass is 35.5. The molecule has 3 rings (SSSR count). The summed E-state index contributed by atoms with van der Waals surface area (Å²) in [4.78, 5) is 30.4. The van der Waals surface area contributed by atoms with Crippen LogP contribution in [0.2, 0.25) is 5.15 Å². The minimum absolute atomic E-state index is 0.0499. The van der Waals surface area contributed by atoms with Crippen LogP contribution in [0.15, 0.2) is 42.5 Å². The Hall–Kier alpha value is -2.57. The molecule has 1 fully saturated rings. The zero-order chi connectivity index (χ0) is 18.1. The topological polar surface area (TPSA) is 62.3 Å². The lowest BCUT2D eigenvalue weighted by atomic mass is 10.1. The van der Waals surface area contributed by atoms with E-state index < -0.39 is 11.8 Å². The van der Waals surface area contributed by atoms with Gasteiger partial charge in [-0.15, -0.1) is 6.58 Å². The zero-order valence-corrected chi connectivity index (χ0v) is 14.9. The standard InChI is InChI=1S/C18H14ClN3O2S/c1-3-6-22-17(24)13(16(23)21-18(22)25)9-12-8-11-7-10(2)4-5-14(11)20-15(12)19/h3-5,7-9H,1,6H2,2H3,(H,21,23,25). The van der Waals surface area contributed by atoms with Crippen LogP contribution in [0.5, 0.6) is 0 Å². The van der Waals surface area contributed by atoms with Gasteiger partial charge in [0.15, 0.2) is 5.11 Å². The van der Waals surface area contributed by atoms with E-state index in [2.05, 4.69) is 16.9 Å². The molecule has 2 aromatic rings. The van der Waals surface area contributed by atoms with E-state index >= 15 is 0 Å². The first-order valence-corrected chi connectivity index (χ1v) is 8.26. The maximum Gasteiger partial charge on any atom is 0.265 e. The summed E-state index contributed by atoms with van der Waals surface area (Å²) in [5, 5.41) is 3.65. The van der Waals surface area contributed by atoms with E-state index in [9.17, 15) is 9.59 Å². The van der Waals surface area contributed by atoms with Crippen LogP contribution in [0.4, 0.5) is 0 Å². The third-order valence-corrected chi connectivity index (χ3v) is 4.37. The molecule has 7 heteroatoms. The summed E-state index contributed by atoms with van der Waals surface area (Å²) < 4.78 is 0. The van der Waals surface area contributed by atoms with E-state index in [-0.39, 0.29) is 22.4 Å². The largest absolute Gasteiger partial charge is 0.298 e. The van der Waals surface area contributed by atoms with Crippen molar-refractivity contribution in [2.24, 2.45) is 0 Å². The molecule has 2 heterocycles. The Kier molecular flexibility index (Phi) is 4.65. The van der Waals surface area contributed by atoms with E-state index in [1.807, 2.05) is 25.1 Å². The molecule has 0 aliphatic carbocycles. The molecule has 5 nitrogen and oxygen atoms in total. The van der Waals surface area contributed by atoms with E-state index in [0.717, 1.165) is 16.5 Å². The van der Waals surface area contributed by atoms with Crippen LogP contribution in [0.25, 0.3) is 17.0 Å². The molecular formula is C18H14ClN3O2S. The SMILES string of the molecule is C=CCN1C(=O)C(=Cc2cc3cc(C)ccc3nc2Cl)C(=O)NC1=S. The first-order valence-electron chi connectivity index (χ1n) is 7.47. The van der Waals surface area contributed by atoms with Crippen molar-refractivity contribution in [1.82, 2.24) is 15.2 Å². The summed E-state index contributed by atoms with van der Waals surface area (Å²) in [7, 11) is 0. The smallest absolute Gasteiger partial charge is 0.265 e. The second-order valence-electron chi connectivity index (χ2n) is 5.59. The van der Waals surface area contributed by atoms with E-state index in [1.165, 1.54) is 17.1 Å². The number of thiocarbonyl (C=S) groups is 1. The maximum atomic E-state index is 12.6. The van der Waals surface area contributed by atoms with Crippen LogP contribution in [0.1, 0.15) is 11.1 Å². The molecule has 0 radical (unpaired) electrons. The zero-order valence-electron chi connectivity index (χ0n) is 13.4. The van der Waals surface area contributed by atoms with Crippen LogP contribution in [-0.2, 0) is 9.59 Å². The van der Waals surface area contributed by atoms with E-state index in [4.69, 9.17) is 23.8 Å². The van der Waals surface area contributed by atoms with Gasteiger partial charge in [-0.25, -0.2) is 4.98 Å². The molecule has 1 aromatic carbocycles. The second kappa shape index (κ2) is 6.74. The van der Waals surface area contributed by atoms with Gasteiger partial charge < -0.3 is 0 Å². The van der Waals surface area contributed by atoms with Crippen molar-refractivity contribution in [3.63, 3.8) is 0 Å². The van der Waals surface area contributed by atoms with Gasteiger partial charge >= 0.3 is 0 Å². The number of carbonyl (C=O) groups is 2. The highest BCUT2D eigenvalue weighted by Gasteiger charge is 2.32. The van der Waals surface area contributed by atoms with Crippen molar-refractivity contribution >= 4 is 57.7 Å². The molecular weight excluding hydrogens is 358 g/mol. The molecule has 25 heavy (non-hydrogen) atoms. The molecule has 1 saturated heterocycles. The van der Waals surface area contributed by atoms with Gasteiger partial charge in [0.05, 0.1) is 5.52 Å². The van der Waals surface area contributed by atoms with Crippen molar-refractivity contribution < 1.29 is 9.59 Å². The molecule has 0 atom stereocenters. The maximum absolute atomic E-state index is 12.6. The van der Waals surface area contributed by atoms with Crippen molar-refractivity contribution in [1.29, 1.82) is 0 Å². The Morgan fingerprint density at radius 3 is 2.84 bits per heavy atom. The number of fused-ring (bicyclic) bond motifs is 1. The number of rotatable bonds is 3. The number of carbonyl (C=O) groups excluding carboxylic acids is 2. The lowest BCUT2D eigenvalue weighted by Crippen LogP contribution is -2.53. The number of nitrogens with one attached hydrogen (secondary N) is 1. The summed E-state index contributed by atoms with van der Waals surface area (Å²) in [6, 6.07) is 7.57. The Morgan fingerprint density at radius 2 is 2.12 bits per heavy atom. The lowest BCUT2D eigenvalue weighted by Gasteiger charge is -2.27. The van der Waals surface area contributed by atoms with E-state index in [1.54, 1.807) is 6.07 Å². The summed E-state index contributed by atoms with van der Waals surface area (Å²) in [5.41, 5.74) is 2.26. The van der Waals surface area contributed by atoms with Gasteiger partial charge in [0, 0.05) is 17.5 Å². The monoisotopic (exact) mass is 371 g/mol. The predicted molar refractivity (Wildman–Crippen MR) is 102 cm³/mol. The predicted octanol–water partition coefficient (Wildman–Crippen LogP) is 3.01. The Labute approximate surface area is 155 Å². The second-order valence-corrected chi connectivity index (χ2v) is 6.33. The number of pyridine rings is 1. The number of hydrogen-bond donors (Lipinski definition) is 1.